The van der Waals surface area contributed by atoms with E-state index in [9.17, 15) is 9.90 Å². The van der Waals surface area contributed by atoms with Gasteiger partial charge in [0.15, 0.2) is 16.6 Å². The number of carbonyl (C=O) groups is 1. The van der Waals surface area contributed by atoms with E-state index in [0.29, 0.717) is 29.3 Å². The second-order valence-corrected chi connectivity index (χ2v) is 9.24. The van der Waals surface area contributed by atoms with E-state index in [2.05, 4.69) is 53.8 Å². The molecule has 0 fully saturated rings. The van der Waals surface area contributed by atoms with Crippen molar-refractivity contribution in [1.82, 2.24) is 15.2 Å². The number of anilines is 1. The standard InChI is InChI=1S/C25H29N5O3S/c1-6-30-21(16-7-11-18(12-8-16)25(3,4)5)22(31)20(29-30)15(2)27-28-24(34)26-19-13-9-17(10-14-19)23(32)33/h7-14,31H,6H2,1-5H3,(H,32,33)(H2,26,28,34). The van der Waals surface area contributed by atoms with Crippen molar-refractivity contribution in [1.29, 1.82) is 0 Å². The van der Waals surface area contributed by atoms with Gasteiger partial charge in [-0.15, -0.1) is 0 Å². The number of hydrogen-bond acceptors (Lipinski definition) is 5. The Morgan fingerprint density at radius 2 is 1.74 bits per heavy atom. The fraction of sp³-hybridized carbons (Fsp3) is 0.280. The second kappa shape index (κ2) is 10.0. The summed E-state index contributed by atoms with van der Waals surface area (Å²) >= 11 is 5.26. The van der Waals surface area contributed by atoms with E-state index in [1.807, 2.05) is 19.1 Å². The fourth-order valence-corrected chi connectivity index (χ4v) is 3.55. The number of benzene rings is 2. The molecule has 0 saturated heterocycles. The molecule has 0 amide bonds. The molecule has 178 valence electrons. The largest absolute Gasteiger partial charge is 0.504 e. The molecule has 0 radical (unpaired) electrons. The molecule has 0 bridgehead atoms. The highest BCUT2D eigenvalue weighted by atomic mass is 32.1. The van der Waals surface area contributed by atoms with Gasteiger partial charge in [0.25, 0.3) is 0 Å². The topological polar surface area (TPSA) is 112 Å². The van der Waals surface area contributed by atoms with Gasteiger partial charge in [0.2, 0.25) is 0 Å². The molecule has 1 aromatic heterocycles. The molecule has 0 unspecified atom stereocenters. The average molecular weight is 480 g/mol. The van der Waals surface area contributed by atoms with Gasteiger partial charge in [0.05, 0.1) is 11.3 Å². The first-order valence-corrected chi connectivity index (χ1v) is 11.3. The molecule has 1 heterocycles. The lowest BCUT2D eigenvalue weighted by molar-refractivity contribution is 0.0697. The highest BCUT2D eigenvalue weighted by molar-refractivity contribution is 7.80. The molecular weight excluding hydrogens is 450 g/mol. The molecule has 0 saturated carbocycles. The number of aryl methyl sites for hydroxylation is 1. The van der Waals surface area contributed by atoms with Crippen LogP contribution in [-0.4, -0.2) is 36.8 Å². The Bertz CT molecular complexity index is 1220. The number of hydrazone groups is 1. The smallest absolute Gasteiger partial charge is 0.335 e. The molecular formula is C25H29N5O3S. The highest BCUT2D eigenvalue weighted by Gasteiger charge is 2.21. The van der Waals surface area contributed by atoms with Crippen molar-refractivity contribution < 1.29 is 15.0 Å². The van der Waals surface area contributed by atoms with E-state index in [-0.39, 0.29) is 21.8 Å². The van der Waals surface area contributed by atoms with Gasteiger partial charge in [-0.2, -0.15) is 10.2 Å². The summed E-state index contributed by atoms with van der Waals surface area (Å²) in [7, 11) is 0. The van der Waals surface area contributed by atoms with Gasteiger partial charge in [0.1, 0.15) is 5.69 Å². The minimum absolute atomic E-state index is 0.0381. The Kier molecular flexibility index (Phi) is 7.36. The predicted octanol–water partition coefficient (Wildman–Crippen LogP) is 4.98. The van der Waals surface area contributed by atoms with Gasteiger partial charge < -0.3 is 15.5 Å². The van der Waals surface area contributed by atoms with Crippen LogP contribution in [-0.2, 0) is 12.0 Å². The van der Waals surface area contributed by atoms with Crippen molar-refractivity contribution in [2.45, 2.75) is 46.6 Å². The van der Waals surface area contributed by atoms with Crippen LogP contribution in [0.4, 0.5) is 5.69 Å². The van der Waals surface area contributed by atoms with E-state index < -0.39 is 5.97 Å². The molecule has 0 aliphatic heterocycles. The van der Waals surface area contributed by atoms with Gasteiger partial charge in [-0.25, -0.2) is 4.79 Å². The zero-order chi connectivity index (χ0) is 25.0. The first kappa shape index (κ1) is 24.9. The van der Waals surface area contributed by atoms with Crippen LogP contribution in [0, 0.1) is 0 Å². The Balaban J connectivity index is 1.78. The molecule has 34 heavy (non-hydrogen) atoms. The number of carboxylic acids is 1. The van der Waals surface area contributed by atoms with Crippen LogP contribution in [0.3, 0.4) is 0 Å². The van der Waals surface area contributed by atoms with Crippen molar-refractivity contribution in [3.05, 3.63) is 65.4 Å². The van der Waals surface area contributed by atoms with Crippen LogP contribution >= 0.6 is 12.2 Å². The summed E-state index contributed by atoms with van der Waals surface area (Å²) in [6.45, 7) is 10.7. The second-order valence-electron chi connectivity index (χ2n) is 8.83. The Hall–Kier alpha value is -3.72. The minimum Gasteiger partial charge on any atom is -0.504 e. The van der Waals surface area contributed by atoms with E-state index in [1.54, 1.807) is 23.7 Å². The van der Waals surface area contributed by atoms with Crippen LogP contribution in [0.15, 0.2) is 53.6 Å². The zero-order valence-electron chi connectivity index (χ0n) is 19.9. The highest BCUT2D eigenvalue weighted by Crippen LogP contribution is 2.34. The predicted molar refractivity (Wildman–Crippen MR) is 139 cm³/mol. The third-order valence-corrected chi connectivity index (χ3v) is 5.50. The van der Waals surface area contributed by atoms with Crippen molar-refractivity contribution in [3.63, 3.8) is 0 Å². The number of aromatic nitrogens is 2. The Labute approximate surface area is 204 Å². The quantitative estimate of drug-likeness (QED) is 0.224. The molecule has 2 aromatic carbocycles. The van der Waals surface area contributed by atoms with Crippen molar-refractivity contribution in [2.75, 3.05) is 5.32 Å². The Morgan fingerprint density at radius 1 is 1.12 bits per heavy atom. The molecule has 4 N–H and O–H groups in total. The minimum atomic E-state index is -0.997. The summed E-state index contributed by atoms with van der Waals surface area (Å²) in [4.78, 5) is 11.0. The van der Waals surface area contributed by atoms with Gasteiger partial charge in [-0.05, 0) is 61.3 Å². The molecule has 0 aliphatic rings. The molecule has 3 rings (SSSR count). The normalized spacial score (nSPS) is 11.9. The van der Waals surface area contributed by atoms with Gasteiger partial charge in [0, 0.05) is 17.8 Å². The molecule has 0 aliphatic carbocycles. The van der Waals surface area contributed by atoms with Crippen LogP contribution in [0.1, 0.15) is 56.2 Å². The van der Waals surface area contributed by atoms with Gasteiger partial charge in [-0.1, -0.05) is 45.0 Å². The van der Waals surface area contributed by atoms with Gasteiger partial charge in [-0.3, -0.25) is 10.1 Å². The number of nitrogens with zero attached hydrogens (tertiary/aromatic N) is 3. The fourth-order valence-electron chi connectivity index (χ4n) is 3.38. The number of carboxylic acid groups (broad SMARTS) is 1. The van der Waals surface area contributed by atoms with Crippen molar-refractivity contribution >= 4 is 34.7 Å². The first-order valence-electron chi connectivity index (χ1n) is 10.9. The summed E-state index contributed by atoms with van der Waals surface area (Å²) < 4.78 is 1.75. The number of nitrogens with one attached hydrogen (secondary N) is 2. The van der Waals surface area contributed by atoms with Crippen molar-refractivity contribution in [3.8, 4) is 17.0 Å². The molecule has 0 spiro atoms. The Morgan fingerprint density at radius 3 is 2.26 bits per heavy atom. The van der Waals surface area contributed by atoms with Crippen LogP contribution < -0.4 is 10.7 Å². The SMILES string of the molecule is CCn1nc(C(C)=NNC(=S)Nc2ccc(C(=O)O)cc2)c(O)c1-c1ccc(C(C)(C)C)cc1. The van der Waals surface area contributed by atoms with E-state index in [4.69, 9.17) is 17.3 Å². The van der Waals surface area contributed by atoms with E-state index >= 15 is 0 Å². The summed E-state index contributed by atoms with van der Waals surface area (Å²) in [6.07, 6.45) is 0. The lowest BCUT2D eigenvalue weighted by Gasteiger charge is -2.19. The van der Waals surface area contributed by atoms with Crippen LogP contribution in [0.25, 0.3) is 11.3 Å². The molecule has 8 nitrogen and oxygen atoms in total. The lowest BCUT2D eigenvalue weighted by Crippen LogP contribution is -2.25. The van der Waals surface area contributed by atoms with Crippen LogP contribution in [0.2, 0.25) is 0 Å². The van der Waals surface area contributed by atoms with E-state index in [1.165, 1.54) is 17.7 Å². The van der Waals surface area contributed by atoms with Crippen LogP contribution in [0.5, 0.6) is 5.75 Å². The summed E-state index contributed by atoms with van der Waals surface area (Å²) in [5.74, 6) is -0.945. The molecule has 0 atom stereocenters. The molecule has 3 aromatic rings. The maximum absolute atomic E-state index is 11.0. The van der Waals surface area contributed by atoms with Gasteiger partial charge >= 0.3 is 5.97 Å². The first-order chi connectivity index (χ1) is 16.0. The number of aromatic carboxylic acids is 1. The summed E-state index contributed by atoms with van der Waals surface area (Å²) in [5.41, 5.74) is 7.11. The zero-order valence-corrected chi connectivity index (χ0v) is 20.7. The average Bonchev–Trinajstić information content (AvgIpc) is 3.13. The number of thiocarbonyl (C=S) groups is 1. The maximum Gasteiger partial charge on any atom is 0.335 e. The summed E-state index contributed by atoms with van der Waals surface area (Å²) in [5, 5.41) is 31.9. The van der Waals surface area contributed by atoms with Crippen molar-refractivity contribution in [2.24, 2.45) is 5.10 Å². The number of aromatic hydroxyl groups is 1. The number of hydrogen-bond donors (Lipinski definition) is 4. The maximum atomic E-state index is 11.0. The monoisotopic (exact) mass is 479 g/mol. The molecule has 9 heteroatoms. The third-order valence-electron chi connectivity index (χ3n) is 5.31. The summed E-state index contributed by atoms with van der Waals surface area (Å²) in [6, 6.07) is 14.3. The number of rotatable bonds is 6. The third kappa shape index (κ3) is 5.60. The van der Waals surface area contributed by atoms with E-state index in [0.717, 1.165) is 5.56 Å². The lowest BCUT2D eigenvalue weighted by atomic mass is 9.86.